The molecule has 3 aromatic carbocycles. The molecule has 0 atom stereocenters. The van der Waals surface area contributed by atoms with Gasteiger partial charge in [0.25, 0.3) is 5.82 Å². The smallest absolute Gasteiger partial charge is 0.225 e. The van der Waals surface area contributed by atoms with E-state index in [1.165, 1.54) is 50.6 Å². The number of imidazole rings is 1. The number of aryl methyl sites for hydroxylation is 1. The lowest BCUT2D eigenvalue weighted by atomic mass is 9.88. The van der Waals surface area contributed by atoms with Crippen molar-refractivity contribution in [2.75, 3.05) is 0 Å². The molecule has 1 aromatic heterocycles. The average molecular weight is 480 g/mol. The minimum Gasteiger partial charge on any atom is -0.225 e. The molecule has 0 amide bonds. The summed E-state index contributed by atoms with van der Waals surface area (Å²) in [6.45, 7) is 20.7. The fourth-order valence-electron chi connectivity index (χ4n) is 5.51. The Labute approximate surface area is 218 Å². The fourth-order valence-corrected chi connectivity index (χ4v) is 5.51. The van der Waals surface area contributed by atoms with E-state index in [0.29, 0.717) is 23.8 Å². The van der Waals surface area contributed by atoms with Crippen molar-refractivity contribution in [2.45, 2.75) is 86.1 Å². The van der Waals surface area contributed by atoms with Crippen LogP contribution in [0.1, 0.15) is 102 Å². The molecule has 0 bridgehead atoms. The van der Waals surface area contributed by atoms with Crippen LogP contribution in [0.25, 0.3) is 28.2 Å². The predicted octanol–water partition coefficient (Wildman–Crippen LogP) is 9.36. The van der Waals surface area contributed by atoms with Gasteiger partial charge in [-0.3, -0.25) is 0 Å². The summed E-state index contributed by atoms with van der Waals surface area (Å²) >= 11 is 0. The van der Waals surface area contributed by atoms with Crippen LogP contribution in [-0.4, -0.2) is 4.57 Å². The number of benzene rings is 3. The molecule has 0 radical (unpaired) electrons. The number of nitrogens with zero attached hydrogens (tertiary/aromatic N) is 2. The van der Waals surface area contributed by atoms with E-state index in [4.69, 9.17) is 0 Å². The van der Waals surface area contributed by atoms with Crippen molar-refractivity contribution >= 4 is 0 Å². The van der Waals surface area contributed by atoms with Gasteiger partial charge in [0.15, 0.2) is 0 Å². The van der Waals surface area contributed by atoms with E-state index in [-0.39, 0.29) is 0 Å². The van der Waals surface area contributed by atoms with Crippen LogP contribution in [0.5, 0.6) is 0 Å². The summed E-state index contributed by atoms with van der Waals surface area (Å²) in [7, 11) is 0. The second-order valence-electron chi connectivity index (χ2n) is 11.3. The minimum absolute atomic E-state index is 0.357. The van der Waals surface area contributed by atoms with Gasteiger partial charge in [-0.2, -0.15) is 4.57 Å². The summed E-state index contributed by atoms with van der Waals surface area (Å²) < 4.78 is 5.02. The van der Waals surface area contributed by atoms with Crippen LogP contribution in [-0.2, 0) is 0 Å². The van der Waals surface area contributed by atoms with Crippen LogP contribution in [0.4, 0.5) is 0 Å². The quantitative estimate of drug-likeness (QED) is 0.233. The van der Waals surface area contributed by atoms with Crippen LogP contribution >= 0.6 is 0 Å². The minimum atomic E-state index is 0.357. The van der Waals surface area contributed by atoms with E-state index in [0.717, 1.165) is 0 Å². The highest BCUT2D eigenvalue weighted by Gasteiger charge is 2.32. The second-order valence-corrected chi connectivity index (χ2v) is 11.3. The van der Waals surface area contributed by atoms with Gasteiger partial charge in [0.2, 0.25) is 0 Å². The maximum atomic E-state index is 2.51. The van der Waals surface area contributed by atoms with Gasteiger partial charge >= 0.3 is 0 Å². The molecule has 4 aromatic rings. The third-order valence-corrected chi connectivity index (χ3v) is 7.25. The number of hydrogen-bond acceptors (Lipinski definition) is 0. The van der Waals surface area contributed by atoms with E-state index >= 15 is 0 Å². The molecule has 0 saturated heterocycles. The molecular formula is C34H43N2+. The molecular weight excluding hydrogens is 436 g/mol. The van der Waals surface area contributed by atoms with Crippen molar-refractivity contribution < 1.29 is 4.57 Å². The van der Waals surface area contributed by atoms with Gasteiger partial charge in [0.1, 0.15) is 17.6 Å². The molecule has 0 fully saturated rings. The van der Waals surface area contributed by atoms with Crippen LogP contribution in [0.2, 0.25) is 0 Å². The van der Waals surface area contributed by atoms with Gasteiger partial charge in [0, 0.05) is 18.1 Å². The van der Waals surface area contributed by atoms with Gasteiger partial charge in [-0.1, -0.05) is 90.1 Å². The summed E-state index contributed by atoms with van der Waals surface area (Å²) in [5, 5.41) is 0. The van der Waals surface area contributed by atoms with Crippen LogP contribution in [0, 0.1) is 6.92 Å². The summed E-state index contributed by atoms with van der Waals surface area (Å²) in [4.78, 5) is 0. The normalized spacial score (nSPS) is 11.9. The van der Waals surface area contributed by atoms with E-state index < -0.39 is 0 Å². The molecule has 2 heteroatoms. The Bertz CT molecular complexity index is 1310. The van der Waals surface area contributed by atoms with Gasteiger partial charge < -0.3 is 0 Å². The zero-order valence-electron chi connectivity index (χ0n) is 23.6. The van der Waals surface area contributed by atoms with Crippen LogP contribution in [0.3, 0.4) is 0 Å². The van der Waals surface area contributed by atoms with E-state index in [2.05, 4.69) is 144 Å². The zero-order valence-corrected chi connectivity index (χ0v) is 23.6. The standard InChI is InChI=1S/C34H43N2/c1-22(2)29-17-13-14-18-30(29)34-35(21-26(9)36(34)25(7)8)33-31(23(3)4)19-28(20-32(33)24(5)6)27-15-11-10-12-16-27/h10-25H,1-9H3/q+1. The van der Waals surface area contributed by atoms with E-state index in [1.807, 2.05) is 0 Å². The van der Waals surface area contributed by atoms with Gasteiger partial charge in [0.05, 0.1) is 11.6 Å². The fraction of sp³-hybridized carbons (Fsp3) is 0.382. The van der Waals surface area contributed by atoms with Crippen molar-refractivity contribution in [1.29, 1.82) is 0 Å². The third kappa shape index (κ3) is 4.78. The molecule has 0 aliphatic rings. The SMILES string of the molecule is Cc1c[n+](-c2c(C(C)C)cc(-c3ccccc3)cc2C(C)C)c(-c2ccccc2C(C)C)n1C(C)C. The number of rotatable bonds is 7. The van der Waals surface area contributed by atoms with Crippen molar-refractivity contribution in [2.24, 2.45) is 0 Å². The molecule has 0 aliphatic carbocycles. The molecule has 36 heavy (non-hydrogen) atoms. The lowest BCUT2D eigenvalue weighted by Crippen LogP contribution is -2.36. The maximum Gasteiger partial charge on any atom is 0.294 e. The van der Waals surface area contributed by atoms with Gasteiger partial charge in [-0.15, -0.1) is 0 Å². The first kappa shape index (κ1) is 25.9. The molecule has 0 saturated carbocycles. The lowest BCUT2D eigenvalue weighted by molar-refractivity contribution is -0.584. The number of aromatic nitrogens is 2. The Morgan fingerprint density at radius 3 is 1.67 bits per heavy atom. The summed E-state index contributed by atoms with van der Waals surface area (Å²) in [5.74, 6) is 2.51. The van der Waals surface area contributed by atoms with E-state index in [9.17, 15) is 0 Å². The summed E-state index contributed by atoms with van der Waals surface area (Å²) in [5.41, 5.74) is 10.7. The molecule has 2 nitrogen and oxygen atoms in total. The Hall–Kier alpha value is -3.13. The molecule has 1 heterocycles. The van der Waals surface area contributed by atoms with Crippen molar-refractivity contribution in [1.82, 2.24) is 4.57 Å². The maximum absolute atomic E-state index is 2.51. The topological polar surface area (TPSA) is 8.81 Å². The zero-order chi connectivity index (χ0) is 26.1. The van der Waals surface area contributed by atoms with Crippen molar-refractivity contribution in [3.63, 3.8) is 0 Å². The van der Waals surface area contributed by atoms with Crippen LogP contribution in [0.15, 0.2) is 72.9 Å². The summed E-state index contributed by atoms with van der Waals surface area (Å²) in [6.07, 6.45) is 2.36. The predicted molar refractivity (Wildman–Crippen MR) is 154 cm³/mol. The van der Waals surface area contributed by atoms with Gasteiger partial charge in [-0.05, 0) is 66.5 Å². The van der Waals surface area contributed by atoms with Crippen LogP contribution < -0.4 is 4.57 Å². The highest BCUT2D eigenvalue weighted by molar-refractivity contribution is 5.69. The van der Waals surface area contributed by atoms with Crippen molar-refractivity contribution in [3.05, 3.63) is 95.3 Å². The first-order valence-corrected chi connectivity index (χ1v) is 13.6. The molecule has 0 spiro atoms. The Morgan fingerprint density at radius 2 is 1.14 bits per heavy atom. The Kier molecular flexibility index (Phi) is 7.54. The first-order valence-electron chi connectivity index (χ1n) is 13.6. The highest BCUT2D eigenvalue weighted by atomic mass is 15.2. The number of hydrogen-bond donors (Lipinski definition) is 0. The Balaban J connectivity index is 2.13. The molecule has 0 unspecified atom stereocenters. The second kappa shape index (κ2) is 10.5. The Morgan fingerprint density at radius 1 is 0.611 bits per heavy atom. The largest absolute Gasteiger partial charge is 0.294 e. The highest BCUT2D eigenvalue weighted by Crippen LogP contribution is 2.37. The summed E-state index contributed by atoms with van der Waals surface area (Å²) in [6, 6.07) is 25.0. The first-order chi connectivity index (χ1) is 17.1. The van der Waals surface area contributed by atoms with E-state index in [1.54, 1.807) is 0 Å². The van der Waals surface area contributed by atoms with Gasteiger partial charge in [-0.25, -0.2) is 4.57 Å². The monoisotopic (exact) mass is 479 g/mol. The molecule has 4 rings (SSSR count). The van der Waals surface area contributed by atoms with Crippen molar-refractivity contribution in [3.8, 4) is 28.2 Å². The average Bonchev–Trinajstić information content (AvgIpc) is 3.20. The lowest BCUT2D eigenvalue weighted by Gasteiger charge is -2.21. The molecule has 188 valence electrons. The molecule has 0 aliphatic heterocycles. The third-order valence-electron chi connectivity index (χ3n) is 7.25. The molecule has 0 N–H and O–H groups in total.